The normalized spacial score (nSPS) is 13.8. The molecule has 2 aliphatic heterocycles. The van der Waals surface area contributed by atoms with Gasteiger partial charge in [-0.15, -0.1) is 11.3 Å². The second-order valence-electron chi connectivity index (χ2n) is 33.0. The van der Waals surface area contributed by atoms with Crippen LogP contribution < -0.4 is 25.5 Å². The predicted molar refractivity (Wildman–Crippen MR) is 448 cm³/mol. The lowest BCUT2D eigenvalue weighted by Gasteiger charge is -2.46. The summed E-state index contributed by atoms with van der Waals surface area (Å²) in [6.07, 6.45) is 0. The van der Waals surface area contributed by atoms with Crippen LogP contribution in [0.2, 0.25) is 0 Å². The molecule has 2 aromatic heterocycles. The molecular weight excluding hydrogens is 1260 g/mol. The Morgan fingerprint density at radius 3 is 1.36 bits per heavy atom. The number of rotatable bonds is 7. The Balaban J connectivity index is 1.05. The fraction of sp³-hybridized carbons (Fsp3) is 0.163. The zero-order valence-electron chi connectivity index (χ0n) is 63.7. The van der Waals surface area contributed by atoms with Crippen LogP contribution in [-0.4, -0.2) is 11.3 Å². The molecular formula is C98H82BN3S. The highest BCUT2D eigenvalue weighted by atomic mass is 32.1. The molecule has 0 unspecified atom stereocenters. The Morgan fingerprint density at radius 2 is 0.806 bits per heavy atom. The van der Waals surface area contributed by atoms with E-state index in [1.165, 1.54) is 22.1 Å². The maximum absolute atomic E-state index is 12.1. The number of hydrogen-bond acceptors (Lipinski definition) is 3. The molecule has 0 fully saturated rings. The Morgan fingerprint density at radius 1 is 0.340 bits per heavy atom. The van der Waals surface area contributed by atoms with E-state index in [0.29, 0.717) is 16.8 Å². The van der Waals surface area contributed by atoms with Crippen molar-refractivity contribution < 1.29 is 4.11 Å². The molecule has 3 nitrogen and oxygen atoms in total. The number of benzene rings is 15. The predicted octanol–water partition coefficient (Wildman–Crippen LogP) is 26.0. The zero-order valence-corrected chi connectivity index (χ0v) is 61.5. The lowest BCUT2D eigenvalue weighted by Crippen LogP contribution is -2.60. The van der Waals surface area contributed by atoms with Gasteiger partial charge in [0.05, 0.1) is 32.2 Å². The second-order valence-corrected chi connectivity index (χ2v) is 34.1. The van der Waals surface area contributed by atoms with Crippen LogP contribution in [0.25, 0.3) is 125 Å². The average Bonchev–Trinajstić information content (AvgIpc) is 0.739. The molecule has 0 N–H and O–H groups in total. The van der Waals surface area contributed by atoms with Crippen LogP contribution in [0.1, 0.15) is 109 Å². The highest BCUT2D eigenvalue weighted by Crippen LogP contribution is 2.58. The van der Waals surface area contributed by atoms with E-state index in [9.17, 15) is 4.11 Å². The number of fused-ring (bicyclic) bond motifs is 12. The molecule has 0 radical (unpaired) electrons. The molecule has 0 atom stereocenters. The van der Waals surface area contributed by atoms with Crippen molar-refractivity contribution in [1.29, 1.82) is 0 Å². The van der Waals surface area contributed by atoms with Crippen LogP contribution >= 0.6 is 11.3 Å². The third-order valence-corrected chi connectivity index (χ3v) is 23.6. The number of aromatic nitrogens is 1. The van der Waals surface area contributed by atoms with Gasteiger partial charge in [0.1, 0.15) is 0 Å². The van der Waals surface area contributed by atoms with E-state index in [1.54, 1.807) is 0 Å². The molecule has 0 amide bonds. The van der Waals surface area contributed by atoms with Crippen molar-refractivity contribution >= 4 is 143 Å². The molecule has 498 valence electrons. The fourth-order valence-corrected chi connectivity index (χ4v) is 18.3. The van der Waals surface area contributed by atoms with E-state index in [2.05, 4.69) is 358 Å². The third-order valence-electron chi connectivity index (χ3n) is 22.4. The van der Waals surface area contributed by atoms with E-state index in [0.717, 1.165) is 158 Å². The van der Waals surface area contributed by atoms with E-state index in [1.807, 2.05) is 11.3 Å². The Kier molecular flexibility index (Phi) is 13.2. The Hall–Kier alpha value is -11.0. The first-order valence-electron chi connectivity index (χ1n) is 38.0. The first kappa shape index (κ1) is 59.7. The fourth-order valence-electron chi connectivity index (χ4n) is 17.0. The summed E-state index contributed by atoms with van der Waals surface area (Å²) in [5.41, 5.74) is 21.5. The van der Waals surface area contributed by atoms with Gasteiger partial charge in [0.25, 0.3) is 6.71 Å². The second kappa shape index (κ2) is 22.8. The lowest BCUT2D eigenvalue weighted by atomic mass is 9.36. The van der Waals surface area contributed by atoms with Crippen LogP contribution in [0.3, 0.4) is 0 Å². The van der Waals surface area contributed by atoms with Crippen LogP contribution in [0, 0.1) is 0 Å². The molecule has 0 saturated heterocycles. The maximum Gasteiger partial charge on any atom is 0.264 e. The lowest BCUT2D eigenvalue weighted by molar-refractivity contribution is 0.590. The van der Waals surface area contributed by atoms with Gasteiger partial charge in [0.2, 0.25) is 0 Å². The molecule has 17 aromatic rings. The summed E-state index contributed by atoms with van der Waals surface area (Å²) in [7, 11) is 0. The minimum absolute atomic E-state index is 0.00270. The van der Waals surface area contributed by atoms with Crippen LogP contribution in [0.15, 0.2) is 279 Å². The molecule has 103 heavy (non-hydrogen) atoms. The van der Waals surface area contributed by atoms with Crippen molar-refractivity contribution in [2.45, 2.75) is 105 Å². The van der Waals surface area contributed by atoms with Gasteiger partial charge in [-0.3, -0.25) is 0 Å². The van der Waals surface area contributed by atoms with E-state index in [-0.39, 0.29) is 34.4 Å². The molecule has 4 heterocycles. The third kappa shape index (κ3) is 9.82. The standard InChI is InChI=1S/C98H82BN3S/c1-95(2,3)67-44-47-73-85(57-67)103-94-93(73)102(92-77(61-32-21-15-22-33-61)53-69(97(7,8)9)54-78(92)62-34-23-16-24-35-62)84-56-70(98(10,11)12)55-83-89(84)99(94)80-48-45-71(58-82(80)101(83)91-75(59-28-17-13-18-29-59)51-68(96(4,5)6)52-76(91)60-30-19-14-20-31-60)100-81-49-43-63-36-25-26-39-72(63)88(81)79-50-66-41-40-64-37-27-38-65-42-46-74(90(79)100)87(66)86(64)65/h13-58H,1-12H3/i45D,48D,58D. The Bertz CT molecular complexity index is 6390. The molecule has 0 spiro atoms. The van der Waals surface area contributed by atoms with Gasteiger partial charge in [0, 0.05) is 76.0 Å². The van der Waals surface area contributed by atoms with Crippen molar-refractivity contribution in [3.8, 4) is 50.2 Å². The molecule has 0 aliphatic carbocycles. The summed E-state index contributed by atoms with van der Waals surface area (Å²) in [5, 5.41) is 12.2. The molecule has 2 aliphatic rings. The van der Waals surface area contributed by atoms with E-state index >= 15 is 0 Å². The SMILES string of the molecule is [2H]c1c([2H])c(-n2c3ccc4ccccc4c3c3cc4ccc5cccc6ccc(c4c56)c32)c([2H])c2c1B1c3sc4cc(C(C)(C)C)ccc4c3N(c3c(-c4ccccc4)cc(C(C)(C)C)cc3-c3ccccc3)c3cc(C(C)(C)C)cc(c31)N2c1c(-c2ccccc2)cc(C(C)(C)C)cc1-c1ccccc1. The average molecular weight is 1350 g/mol. The van der Waals surface area contributed by atoms with Crippen LogP contribution in [0.5, 0.6) is 0 Å². The molecule has 19 rings (SSSR count). The molecule has 0 saturated carbocycles. The number of anilines is 6. The van der Waals surface area contributed by atoms with Crippen molar-refractivity contribution in [2.24, 2.45) is 0 Å². The largest absolute Gasteiger partial charge is 0.310 e. The van der Waals surface area contributed by atoms with Crippen LogP contribution in [0.4, 0.5) is 34.1 Å². The van der Waals surface area contributed by atoms with Gasteiger partial charge in [-0.2, -0.15) is 0 Å². The molecule has 5 heteroatoms. The molecule has 15 aromatic carbocycles. The highest BCUT2D eigenvalue weighted by Gasteiger charge is 2.48. The Labute approximate surface area is 613 Å². The summed E-state index contributed by atoms with van der Waals surface area (Å²) >= 11 is 1.81. The monoisotopic (exact) mass is 1350 g/mol. The summed E-state index contributed by atoms with van der Waals surface area (Å²) in [4.78, 5) is 5.10. The number of nitrogens with zero attached hydrogens (tertiary/aromatic N) is 3. The summed E-state index contributed by atoms with van der Waals surface area (Å²) in [6.45, 7) is 27.2. The summed E-state index contributed by atoms with van der Waals surface area (Å²) in [5.74, 6) is 0. The minimum Gasteiger partial charge on any atom is -0.310 e. The topological polar surface area (TPSA) is 11.4 Å². The minimum atomic E-state index is -0.634. The van der Waals surface area contributed by atoms with Gasteiger partial charge in [-0.25, -0.2) is 0 Å². The highest BCUT2D eigenvalue weighted by molar-refractivity contribution is 7.33. The smallest absolute Gasteiger partial charge is 0.264 e. The maximum atomic E-state index is 12.1. The van der Waals surface area contributed by atoms with Crippen molar-refractivity contribution in [1.82, 2.24) is 4.57 Å². The quantitative estimate of drug-likeness (QED) is 0.116. The van der Waals surface area contributed by atoms with Crippen LogP contribution in [-0.2, 0) is 21.7 Å². The zero-order chi connectivity index (χ0) is 72.9. The van der Waals surface area contributed by atoms with Crippen molar-refractivity contribution in [3.63, 3.8) is 0 Å². The van der Waals surface area contributed by atoms with Gasteiger partial charge in [-0.05, 0) is 181 Å². The van der Waals surface area contributed by atoms with E-state index < -0.39 is 12.1 Å². The van der Waals surface area contributed by atoms with Gasteiger partial charge < -0.3 is 14.4 Å². The van der Waals surface area contributed by atoms with E-state index in [4.69, 9.17) is 0 Å². The van der Waals surface area contributed by atoms with Gasteiger partial charge >= 0.3 is 0 Å². The molecule has 0 bridgehead atoms. The number of thiophene rings is 1. The summed E-state index contributed by atoms with van der Waals surface area (Å²) < 4.78 is 39.6. The van der Waals surface area contributed by atoms with Crippen molar-refractivity contribution in [2.75, 3.05) is 9.80 Å². The first-order chi connectivity index (χ1) is 50.9. The first-order valence-corrected chi connectivity index (χ1v) is 37.3. The van der Waals surface area contributed by atoms with Gasteiger partial charge in [-0.1, -0.05) is 295 Å². The van der Waals surface area contributed by atoms with Gasteiger partial charge in [0.15, 0.2) is 0 Å². The number of hydrogen-bond donors (Lipinski definition) is 0. The van der Waals surface area contributed by atoms with Crippen molar-refractivity contribution in [3.05, 3.63) is 301 Å². The summed E-state index contributed by atoms with van der Waals surface area (Å²) in [6, 6.07) is 96.8.